The lowest BCUT2D eigenvalue weighted by Gasteiger charge is -2.19. The van der Waals surface area contributed by atoms with Gasteiger partial charge in [-0.2, -0.15) is 0 Å². The predicted molar refractivity (Wildman–Crippen MR) is 91.3 cm³/mol. The highest BCUT2D eigenvalue weighted by molar-refractivity contribution is 7.98. The fourth-order valence-electron chi connectivity index (χ4n) is 1.68. The van der Waals surface area contributed by atoms with E-state index in [0.717, 1.165) is 28.7 Å². The molecule has 1 aromatic heterocycles. The molecule has 0 fully saturated rings. The van der Waals surface area contributed by atoms with E-state index in [2.05, 4.69) is 26.1 Å². The molecule has 0 saturated heterocycles. The molecule has 2 nitrogen and oxygen atoms in total. The second kappa shape index (κ2) is 7.10. The van der Waals surface area contributed by atoms with Crippen molar-refractivity contribution < 1.29 is 4.42 Å². The number of thioether (sulfide) groups is 1. The highest BCUT2D eigenvalue weighted by Gasteiger charge is 2.11. The van der Waals surface area contributed by atoms with Gasteiger partial charge in [0.25, 0.3) is 0 Å². The molecule has 0 saturated carbocycles. The van der Waals surface area contributed by atoms with Crippen LogP contribution in [-0.4, -0.2) is 5.54 Å². The standard InChI is InChI=1S/C16H19Cl2NOS/c1-16(2,3)19-9-12-5-6-13(20-12)10-21-15-8-11(17)4-7-14(15)18/h4-8,19H,9-10H2,1-3H3. The number of hydrogen-bond donors (Lipinski definition) is 1. The number of hydrogen-bond acceptors (Lipinski definition) is 3. The minimum atomic E-state index is 0.0794. The summed E-state index contributed by atoms with van der Waals surface area (Å²) < 4.78 is 5.81. The minimum absolute atomic E-state index is 0.0794. The molecule has 0 aliphatic heterocycles. The second-order valence-corrected chi connectivity index (χ2v) is 7.70. The fourth-order valence-corrected chi connectivity index (χ4v) is 3.07. The summed E-state index contributed by atoms with van der Waals surface area (Å²) in [7, 11) is 0. The third-order valence-electron chi connectivity index (χ3n) is 2.77. The lowest BCUT2D eigenvalue weighted by Crippen LogP contribution is -2.34. The van der Waals surface area contributed by atoms with Gasteiger partial charge in [-0.3, -0.25) is 0 Å². The molecule has 0 atom stereocenters. The van der Waals surface area contributed by atoms with Crippen molar-refractivity contribution in [3.05, 3.63) is 51.9 Å². The molecule has 0 unspecified atom stereocenters. The largest absolute Gasteiger partial charge is 0.464 e. The van der Waals surface area contributed by atoms with Gasteiger partial charge in [0.05, 0.1) is 17.3 Å². The molecule has 5 heteroatoms. The lowest BCUT2D eigenvalue weighted by molar-refractivity contribution is 0.382. The topological polar surface area (TPSA) is 25.2 Å². The van der Waals surface area contributed by atoms with E-state index in [9.17, 15) is 0 Å². The summed E-state index contributed by atoms with van der Waals surface area (Å²) in [6.45, 7) is 7.13. The van der Waals surface area contributed by atoms with E-state index in [0.29, 0.717) is 10.0 Å². The summed E-state index contributed by atoms with van der Waals surface area (Å²) in [6.07, 6.45) is 0. The van der Waals surface area contributed by atoms with Gasteiger partial charge in [-0.15, -0.1) is 11.8 Å². The molecule has 114 valence electrons. The van der Waals surface area contributed by atoms with E-state index in [-0.39, 0.29) is 5.54 Å². The van der Waals surface area contributed by atoms with Gasteiger partial charge in [0, 0.05) is 15.5 Å². The average Bonchev–Trinajstić information content (AvgIpc) is 2.85. The summed E-state index contributed by atoms with van der Waals surface area (Å²) in [5.41, 5.74) is 0.0794. The summed E-state index contributed by atoms with van der Waals surface area (Å²) in [4.78, 5) is 0.968. The SMILES string of the molecule is CC(C)(C)NCc1ccc(CSc2cc(Cl)ccc2Cl)o1. The monoisotopic (exact) mass is 343 g/mol. The highest BCUT2D eigenvalue weighted by Crippen LogP contribution is 2.32. The molecule has 0 amide bonds. The van der Waals surface area contributed by atoms with E-state index < -0.39 is 0 Å². The van der Waals surface area contributed by atoms with Crippen LogP contribution in [-0.2, 0) is 12.3 Å². The zero-order chi connectivity index (χ0) is 15.5. The van der Waals surface area contributed by atoms with Gasteiger partial charge >= 0.3 is 0 Å². The molecule has 0 aliphatic rings. The lowest BCUT2D eigenvalue weighted by atomic mass is 10.1. The Bertz CT molecular complexity index is 605. The van der Waals surface area contributed by atoms with E-state index in [1.165, 1.54) is 0 Å². The number of furan rings is 1. The van der Waals surface area contributed by atoms with Crippen LogP contribution < -0.4 is 5.32 Å². The maximum absolute atomic E-state index is 6.15. The quantitative estimate of drug-likeness (QED) is 0.698. The first-order valence-corrected chi connectivity index (χ1v) is 8.48. The second-order valence-electron chi connectivity index (χ2n) is 5.83. The van der Waals surface area contributed by atoms with Crippen LogP contribution in [0.25, 0.3) is 0 Å². The van der Waals surface area contributed by atoms with Gasteiger partial charge in [-0.25, -0.2) is 0 Å². The number of nitrogens with one attached hydrogen (secondary N) is 1. The first-order chi connectivity index (χ1) is 9.83. The van der Waals surface area contributed by atoms with Crippen LogP contribution in [0.4, 0.5) is 0 Å². The van der Waals surface area contributed by atoms with Crippen molar-refractivity contribution >= 4 is 35.0 Å². The summed E-state index contributed by atoms with van der Waals surface area (Å²) in [5.74, 6) is 2.61. The molecule has 0 bridgehead atoms. The zero-order valence-electron chi connectivity index (χ0n) is 12.4. The Kier molecular flexibility index (Phi) is 5.67. The first-order valence-electron chi connectivity index (χ1n) is 6.74. The van der Waals surface area contributed by atoms with Crippen LogP contribution >= 0.6 is 35.0 Å². The molecule has 0 radical (unpaired) electrons. The molecule has 2 aromatic rings. The van der Waals surface area contributed by atoms with Crippen LogP contribution in [0.15, 0.2) is 39.6 Å². The summed E-state index contributed by atoms with van der Waals surface area (Å²) >= 11 is 13.8. The molecule has 1 N–H and O–H groups in total. The van der Waals surface area contributed by atoms with Gasteiger partial charge in [0.2, 0.25) is 0 Å². The van der Waals surface area contributed by atoms with Crippen LogP contribution in [0.2, 0.25) is 10.0 Å². The smallest absolute Gasteiger partial charge is 0.118 e. The molecule has 1 aromatic carbocycles. The number of halogens is 2. The predicted octanol–water partition coefficient (Wildman–Crippen LogP) is 5.77. The maximum Gasteiger partial charge on any atom is 0.118 e. The van der Waals surface area contributed by atoms with Crippen LogP contribution in [0.3, 0.4) is 0 Å². The van der Waals surface area contributed by atoms with Gasteiger partial charge < -0.3 is 9.73 Å². The van der Waals surface area contributed by atoms with E-state index in [1.54, 1.807) is 17.8 Å². The molecule has 0 aliphatic carbocycles. The summed E-state index contributed by atoms with van der Waals surface area (Å²) in [5, 5.41) is 4.81. The van der Waals surface area contributed by atoms with Gasteiger partial charge in [0.1, 0.15) is 11.5 Å². The van der Waals surface area contributed by atoms with Crippen molar-refractivity contribution in [2.45, 2.75) is 43.5 Å². The molecule has 1 heterocycles. The van der Waals surface area contributed by atoms with Crippen molar-refractivity contribution in [1.29, 1.82) is 0 Å². The average molecular weight is 344 g/mol. The maximum atomic E-state index is 6.15. The Morgan fingerprint density at radius 3 is 2.52 bits per heavy atom. The Hall–Kier alpha value is -0.610. The molecule has 21 heavy (non-hydrogen) atoms. The van der Waals surface area contributed by atoms with Crippen molar-refractivity contribution in [1.82, 2.24) is 5.32 Å². The number of rotatable bonds is 5. The Morgan fingerprint density at radius 2 is 1.81 bits per heavy atom. The molecular weight excluding hydrogens is 325 g/mol. The third kappa shape index (κ3) is 5.59. The highest BCUT2D eigenvalue weighted by atomic mass is 35.5. The fraction of sp³-hybridized carbons (Fsp3) is 0.375. The Balaban J connectivity index is 1.92. The van der Waals surface area contributed by atoms with Crippen LogP contribution in [0.5, 0.6) is 0 Å². The van der Waals surface area contributed by atoms with Crippen molar-refractivity contribution in [3.63, 3.8) is 0 Å². The first kappa shape index (κ1) is 16.8. The normalized spacial score (nSPS) is 11.9. The van der Waals surface area contributed by atoms with E-state index in [4.69, 9.17) is 27.6 Å². The van der Waals surface area contributed by atoms with Crippen LogP contribution in [0.1, 0.15) is 32.3 Å². The Morgan fingerprint density at radius 1 is 1.10 bits per heavy atom. The molecule has 2 rings (SSSR count). The van der Waals surface area contributed by atoms with Gasteiger partial charge in [-0.1, -0.05) is 23.2 Å². The van der Waals surface area contributed by atoms with E-state index in [1.807, 2.05) is 24.3 Å². The third-order valence-corrected chi connectivity index (χ3v) is 4.53. The van der Waals surface area contributed by atoms with Crippen molar-refractivity contribution in [3.8, 4) is 0 Å². The van der Waals surface area contributed by atoms with Crippen LogP contribution in [0, 0.1) is 0 Å². The zero-order valence-corrected chi connectivity index (χ0v) is 14.7. The summed E-state index contributed by atoms with van der Waals surface area (Å²) in [6, 6.07) is 9.49. The molecule has 0 spiro atoms. The Labute approximate surface area is 140 Å². The molecular formula is C16H19Cl2NOS. The van der Waals surface area contributed by atoms with Crippen molar-refractivity contribution in [2.75, 3.05) is 0 Å². The van der Waals surface area contributed by atoms with E-state index >= 15 is 0 Å². The van der Waals surface area contributed by atoms with Crippen molar-refractivity contribution in [2.24, 2.45) is 0 Å². The number of benzene rings is 1. The van der Waals surface area contributed by atoms with Gasteiger partial charge in [-0.05, 0) is 51.1 Å². The van der Waals surface area contributed by atoms with Gasteiger partial charge in [0.15, 0.2) is 0 Å². The minimum Gasteiger partial charge on any atom is -0.464 e.